The Kier molecular flexibility index (Phi) is 7.67. The first-order chi connectivity index (χ1) is 15.9. The minimum atomic E-state index is -3.89. The fourth-order valence-electron chi connectivity index (χ4n) is 3.43. The van der Waals surface area contributed by atoms with E-state index in [0.29, 0.717) is 17.1 Å². The van der Waals surface area contributed by atoms with E-state index in [1.165, 1.54) is 10.4 Å². The molecule has 0 bridgehead atoms. The number of carbonyl (C=O) groups is 1. The highest BCUT2D eigenvalue weighted by molar-refractivity contribution is 7.94. The van der Waals surface area contributed by atoms with E-state index in [0.717, 1.165) is 33.6 Å². The standard InChI is InChI=1S/C25H30N2O5S2/c1-15(2)12-27(34(30,31)25-26-19(6)14-33-25)22-10-16(3)17(4)11-23(22)32-13-21-8-7-20(24(28)29)9-18(21)5/h7-11,14-15H,12-13H2,1-6H3,(H,28,29). The van der Waals surface area contributed by atoms with E-state index >= 15 is 0 Å². The van der Waals surface area contributed by atoms with Crippen molar-refractivity contribution in [1.82, 2.24) is 4.98 Å². The van der Waals surface area contributed by atoms with Crippen molar-refractivity contribution in [3.05, 3.63) is 69.2 Å². The van der Waals surface area contributed by atoms with Crippen molar-refractivity contribution in [1.29, 1.82) is 0 Å². The molecule has 0 saturated heterocycles. The number of aryl methyl sites for hydroxylation is 4. The van der Waals surface area contributed by atoms with Gasteiger partial charge in [-0.25, -0.2) is 9.78 Å². The van der Waals surface area contributed by atoms with Gasteiger partial charge in [-0.3, -0.25) is 4.31 Å². The van der Waals surface area contributed by atoms with Crippen molar-refractivity contribution >= 4 is 33.0 Å². The highest BCUT2D eigenvalue weighted by Gasteiger charge is 2.31. The lowest BCUT2D eigenvalue weighted by Gasteiger charge is -2.28. The van der Waals surface area contributed by atoms with Crippen LogP contribution in [0.5, 0.6) is 5.75 Å². The van der Waals surface area contributed by atoms with Crippen molar-refractivity contribution in [2.24, 2.45) is 5.92 Å². The zero-order valence-corrected chi connectivity index (χ0v) is 21.9. The molecule has 34 heavy (non-hydrogen) atoms. The molecule has 182 valence electrons. The number of aromatic carboxylic acids is 1. The number of hydrogen-bond donors (Lipinski definition) is 1. The number of benzene rings is 2. The second-order valence-corrected chi connectivity index (χ2v) is 11.7. The van der Waals surface area contributed by atoms with E-state index in [9.17, 15) is 18.3 Å². The van der Waals surface area contributed by atoms with E-state index in [-0.39, 0.29) is 29.0 Å². The number of thiazole rings is 1. The molecule has 7 nitrogen and oxygen atoms in total. The number of sulfonamides is 1. The van der Waals surface area contributed by atoms with Crippen LogP contribution in [-0.4, -0.2) is 31.0 Å². The van der Waals surface area contributed by atoms with E-state index in [2.05, 4.69) is 4.98 Å². The van der Waals surface area contributed by atoms with Gasteiger partial charge in [0.05, 0.1) is 11.3 Å². The predicted octanol–water partition coefficient (Wildman–Crippen LogP) is 5.51. The third-order valence-corrected chi connectivity index (χ3v) is 8.59. The SMILES string of the molecule is Cc1csc(S(=O)(=O)N(CC(C)C)c2cc(C)c(C)cc2OCc2ccc(C(=O)O)cc2C)n1. The lowest BCUT2D eigenvalue weighted by molar-refractivity contribution is 0.0696. The van der Waals surface area contributed by atoms with Crippen LogP contribution in [0.25, 0.3) is 0 Å². The largest absolute Gasteiger partial charge is 0.487 e. The Morgan fingerprint density at radius 1 is 1.09 bits per heavy atom. The number of anilines is 1. The molecule has 2 aromatic carbocycles. The Balaban J connectivity index is 2.04. The van der Waals surface area contributed by atoms with Gasteiger partial charge in [0.1, 0.15) is 12.4 Å². The second-order valence-electron chi connectivity index (χ2n) is 8.82. The molecule has 0 spiro atoms. The summed E-state index contributed by atoms with van der Waals surface area (Å²) in [6.45, 7) is 11.8. The van der Waals surface area contributed by atoms with Gasteiger partial charge >= 0.3 is 5.97 Å². The Labute approximate surface area is 205 Å². The summed E-state index contributed by atoms with van der Waals surface area (Å²) in [5, 5.41) is 10.9. The lowest BCUT2D eigenvalue weighted by atomic mass is 10.1. The first kappa shape index (κ1) is 25.7. The fourth-order valence-corrected chi connectivity index (χ4v) is 6.20. The van der Waals surface area contributed by atoms with Crippen molar-refractivity contribution in [3.63, 3.8) is 0 Å². The number of nitrogens with zero attached hydrogens (tertiary/aromatic N) is 2. The van der Waals surface area contributed by atoms with Crippen molar-refractivity contribution in [2.45, 2.75) is 52.5 Å². The number of ether oxygens (including phenoxy) is 1. The van der Waals surface area contributed by atoms with Gasteiger partial charge in [0.25, 0.3) is 10.0 Å². The molecule has 0 aliphatic heterocycles. The van der Waals surface area contributed by atoms with Gasteiger partial charge in [0.2, 0.25) is 4.34 Å². The van der Waals surface area contributed by atoms with Crippen LogP contribution in [0.15, 0.2) is 40.1 Å². The third-order valence-electron chi connectivity index (χ3n) is 5.46. The maximum atomic E-state index is 13.6. The number of carboxylic acids is 1. The average Bonchev–Trinajstić information content (AvgIpc) is 3.20. The van der Waals surface area contributed by atoms with Crippen LogP contribution in [0.1, 0.15) is 52.2 Å². The van der Waals surface area contributed by atoms with Gasteiger partial charge in [0.15, 0.2) is 0 Å². The minimum Gasteiger partial charge on any atom is -0.487 e. The van der Waals surface area contributed by atoms with Crippen LogP contribution in [0.3, 0.4) is 0 Å². The van der Waals surface area contributed by atoms with Gasteiger partial charge < -0.3 is 9.84 Å². The number of rotatable bonds is 9. The first-order valence-electron chi connectivity index (χ1n) is 10.9. The van der Waals surface area contributed by atoms with Crippen LogP contribution in [0.4, 0.5) is 5.69 Å². The van der Waals surface area contributed by atoms with Gasteiger partial charge in [-0.2, -0.15) is 8.42 Å². The fraction of sp³-hybridized carbons (Fsp3) is 0.360. The van der Waals surface area contributed by atoms with Gasteiger partial charge in [0, 0.05) is 17.6 Å². The monoisotopic (exact) mass is 502 g/mol. The Bertz CT molecular complexity index is 1310. The van der Waals surface area contributed by atoms with Crippen molar-refractivity contribution in [3.8, 4) is 5.75 Å². The molecule has 0 atom stereocenters. The quantitative estimate of drug-likeness (QED) is 0.415. The topological polar surface area (TPSA) is 96.8 Å². The second kappa shape index (κ2) is 10.1. The van der Waals surface area contributed by atoms with Crippen LogP contribution in [0.2, 0.25) is 0 Å². The van der Waals surface area contributed by atoms with E-state index in [4.69, 9.17) is 4.74 Å². The predicted molar refractivity (Wildman–Crippen MR) is 135 cm³/mol. The molecular weight excluding hydrogens is 472 g/mol. The third kappa shape index (κ3) is 5.59. The molecule has 1 heterocycles. The maximum absolute atomic E-state index is 13.6. The van der Waals surface area contributed by atoms with E-state index in [1.807, 2.05) is 46.8 Å². The van der Waals surface area contributed by atoms with Crippen molar-refractivity contribution < 1.29 is 23.1 Å². The zero-order chi connectivity index (χ0) is 25.2. The van der Waals surface area contributed by atoms with Crippen molar-refractivity contribution in [2.75, 3.05) is 10.8 Å². The zero-order valence-electron chi connectivity index (χ0n) is 20.2. The lowest BCUT2D eigenvalue weighted by Crippen LogP contribution is -2.34. The van der Waals surface area contributed by atoms with Crippen LogP contribution < -0.4 is 9.04 Å². The molecule has 3 aromatic rings. The number of aromatic nitrogens is 1. The molecule has 0 aliphatic carbocycles. The smallest absolute Gasteiger partial charge is 0.335 e. The highest BCUT2D eigenvalue weighted by Crippen LogP contribution is 2.37. The average molecular weight is 503 g/mol. The Morgan fingerprint density at radius 3 is 2.32 bits per heavy atom. The van der Waals surface area contributed by atoms with E-state index < -0.39 is 16.0 Å². The first-order valence-corrected chi connectivity index (χ1v) is 13.2. The number of carboxylic acid groups (broad SMARTS) is 1. The van der Waals surface area contributed by atoms with Gasteiger partial charge in [-0.15, -0.1) is 11.3 Å². The molecular formula is C25H30N2O5S2. The molecule has 0 amide bonds. The normalized spacial score (nSPS) is 11.6. The minimum absolute atomic E-state index is 0.0509. The molecule has 0 aliphatic rings. The summed E-state index contributed by atoms with van der Waals surface area (Å²) in [6, 6.07) is 8.55. The van der Waals surface area contributed by atoms with Crippen LogP contribution in [0, 0.1) is 33.6 Å². The van der Waals surface area contributed by atoms with Gasteiger partial charge in [-0.05, 0) is 80.1 Å². The van der Waals surface area contributed by atoms with E-state index in [1.54, 1.807) is 24.4 Å². The maximum Gasteiger partial charge on any atom is 0.335 e. The highest BCUT2D eigenvalue weighted by atomic mass is 32.2. The summed E-state index contributed by atoms with van der Waals surface area (Å²) in [7, 11) is -3.89. The molecule has 0 saturated carbocycles. The van der Waals surface area contributed by atoms with Crippen LogP contribution >= 0.6 is 11.3 Å². The Morgan fingerprint density at radius 2 is 1.76 bits per heavy atom. The number of hydrogen-bond acceptors (Lipinski definition) is 6. The van der Waals surface area contributed by atoms with Gasteiger partial charge in [-0.1, -0.05) is 19.9 Å². The summed E-state index contributed by atoms with van der Waals surface area (Å²) in [5.41, 5.74) is 4.86. The molecule has 1 N–H and O–H groups in total. The summed E-state index contributed by atoms with van der Waals surface area (Å²) in [6.07, 6.45) is 0. The summed E-state index contributed by atoms with van der Waals surface area (Å²) in [5.74, 6) is -0.475. The molecule has 0 fully saturated rings. The molecule has 3 rings (SSSR count). The summed E-state index contributed by atoms with van der Waals surface area (Å²) < 4.78 is 34.9. The Hall–Kier alpha value is -2.91. The molecule has 0 unspecified atom stereocenters. The van der Waals surface area contributed by atoms with Crippen LogP contribution in [-0.2, 0) is 16.6 Å². The summed E-state index contributed by atoms with van der Waals surface area (Å²) >= 11 is 1.11. The molecule has 1 aromatic heterocycles. The summed E-state index contributed by atoms with van der Waals surface area (Å²) in [4.78, 5) is 15.5. The molecule has 0 radical (unpaired) electrons. The molecule has 9 heteroatoms.